The molecule has 2 aromatic rings. The number of hydrogen-bond donors (Lipinski definition) is 1. The van der Waals surface area contributed by atoms with Crippen molar-refractivity contribution in [3.05, 3.63) is 58.1 Å². The van der Waals surface area contributed by atoms with Crippen LogP contribution in [0.4, 0.5) is 11.4 Å². The number of nitro groups is 1. The van der Waals surface area contributed by atoms with E-state index in [-0.39, 0.29) is 4.90 Å². The molecule has 0 amide bonds. The van der Waals surface area contributed by atoms with Crippen LogP contribution in [0.1, 0.15) is 5.56 Å². The molecule has 0 fully saturated rings. The fourth-order valence-corrected chi connectivity index (χ4v) is 3.52. The first-order valence-electron chi connectivity index (χ1n) is 6.49. The highest BCUT2D eigenvalue weighted by Crippen LogP contribution is 2.30. The highest BCUT2D eigenvalue weighted by molar-refractivity contribution is 7.92. The summed E-state index contributed by atoms with van der Waals surface area (Å²) in [5.41, 5.74) is 0.796. The van der Waals surface area contributed by atoms with Gasteiger partial charge in [0.25, 0.3) is 15.7 Å². The van der Waals surface area contributed by atoms with E-state index in [0.717, 1.165) is 17.4 Å². The van der Waals surface area contributed by atoms with E-state index in [4.69, 9.17) is 4.74 Å². The monoisotopic (exact) mass is 320 g/mol. The third-order valence-corrected chi connectivity index (χ3v) is 4.72. The molecule has 0 unspecified atom stereocenters. The van der Waals surface area contributed by atoms with E-state index in [1.54, 1.807) is 18.2 Å². The third kappa shape index (κ3) is 2.60. The van der Waals surface area contributed by atoms with E-state index in [1.807, 2.05) is 0 Å². The zero-order valence-corrected chi connectivity index (χ0v) is 12.2. The van der Waals surface area contributed by atoms with Gasteiger partial charge in [0.2, 0.25) is 0 Å². The predicted octanol–water partition coefficient (Wildman–Crippen LogP) is 2.33. The van der Waals surface area contributed by atoms with Gasteiger partial charge in [-0.25, -0.2) is 8.42 Å². The van der Waals surface area contributed by atoms with Gasteiger partial charge in [0.15, 0.2) is 4.90 Å². The van der Waals surface area contributed by atoms with Gasteiger partial charge in [-0.05, 0) is 29.8 Å². The Labute approximate surface area is 126 Å². The van der Waals surface area contributed by atoms with Gasteiger partial charge in [0.05, 0.1) is 11.5 Å². The standard InChI is InChI=1S/C14H12N2O5S/c17-16(18)12-3-1-2-4-14(12)22(19,20)15-11-5-6-13-10(9-11)7-8-21-13/h1-6,9,15H,7-8H2. The van der Waals surface area contributed by atoms with E-state index >= 15 is 0 Å². The number of hydrogen-bond acceptors (Lipinski definition) is 5. The molecule has 1 aliphatic heterocycles. The number of nitro benzene ring substituents is 1. The summed E-state index contributed by atoms with van der Waals surface area (Å²) in [7, 11) is -4.04. The Bertz CT molecular complexity index is 848. The highest BCUT2D eigenvalue weighted by atomic mass is 32.2. The van der Waals surface area contributed by atoms with Gasteiger partial charge in [-0.15, -0.1) is 0 Å². The normalized spacial score (nSPS) is 13.3. The first kappa shape index (κ1) is 14.3. The number of nitrogens with zero attached hydrogens (tertiary/aromatic N) is 1. The van der Waals surface area contributed by atoms with E-state index in [9.17, 15) is 18.5 Å². The first-order valence-corrected chi connectivity index (χ1v) is 7.98. The lowest BCUT2D eigenvalue weighted by atomic mass is 10.1. The Balaban J connectivity index is 1.96. The molecule has 0 aliphatic carbocycles. The van der Waals surface area contributed by atoms with Crippen molar-refractivity contribution in [3.63, 3.8) is 0 Å². The second-order valence-corrected chi connectivity index (χ2v) is 6.40. The minimum atomic E-state index is -4.04. The molecule has 7 nitrogen and oxygen atoms in total. The summed E-state index contributed by atoms with van der Waals surface area (Å²) in [5.74, 6) is 0.730. The molecule has 0 saturated carbocycles. The van der Waals surface area contributed by atoms with Crippen LogP contribution in [0, 0.1) is 10.1 Å². The summed E-state index contributed by atoms with van der Waals surface area (Å²) in [6.07, 6.45) is 0.705. The van der Waals surface area contributed by atoms with Crippen LogP contribution in [0.2, 0.25) is 0 Å². The van der Waals surface area contributed by atoms with Crippen molar-refractivity contribution in [1.29, 1.82) is 0 Å². The van der Waals surface area contributed by atoms with Gasteiger partial charge in [-0.1, -0.05) is 12.1 Å². The Morgan fingerprint density at radius 2 is 1.95 bits per heavy atom. The molecule has 114 valence electrons. The second kappa shape index (κ2) is 5.30. The molecule has 22 heavy (non-hydrogen) atoms. The fraction of sp³-hybridized carbons (Fsp3) is 0.143. The summed E-state index contributed by atoms with van der Waals surface area (Å²) in [5, 5.41) is 11.0. The van der Waals surface area contributed by atoms with Gasteiger partial charge in [-0.2, -0.15) is 0 Å². The van der Waals surface area contributed by atoms with Crippen LogP contribution in [0.5, 0.6) is 5.75 Å². The van der Waals surface area contributed by atoms with Crippen molar-refractivity contribution in [2.45, 2.75) is 11.3 Å². The average molecular weight is 320 g/mol. The van der Waals surface area contributed by atoms with Crippen LogP contribution >= 0.6 is 0 Å². The number of rotatable bonds is 4. The predicted molar refractivity (Wildman–Crippen MR) is 79.5 cm³/mol. The molecule has 8 heteroatoms. The third-order valence-electron chi connectivity index (χ3n) is 3.29. The number of fused-ring (bicyclic) bond motifs is 1. The second-order valence-electron chi connectivity index (χ2n) is 4.75. The van der Waals surface area contributed by atoms with Crippen molar-refractivity contribution in [1.82, 2.24) is 0 Å². The van der Waals surface area contributed by atoms with E-state index in [0.29, 0.717) is 18.7 Å². The first-order chi connectivity index (χ1) is 10.5. The van der Waals surface area contributed by atoms with Crippen molar-refractivity contribution in [3.8, 4) is 5.75 Å². The Morgan fingerprint density at radius 3 is 2.73 bits per heavy atom. The Morgan fingerprint density at radius 1 is 1.18 bits per heavy atom. The van der Waals surface area contributed by atoms with E-state index in [2.05, 4.69) is 4.72 Å². The molecular formula is C14H12N2O5S. The van der Waals surface area contributed by atoms with Gasteiger partial charge in [0, 0.05) is 18.2 Å². The smallest absolute Gasteiger partial charge is 0.289 e. The summed E-state index contributed by atoms with van der Waals surface area (Å²) >= 11 is 0. The highest BCUT2D eigenvalue weighted by Gasteiger charge is 2.25. The van der Waals surface area contributed by atoms with Crippen LogP contribution < -0.4 is 9.46 Å². The van der Waals surface area contributed by atoms with Crippen molar-refractivity contribution in [2.24, 2.45) is 0 Å². The van der Waals surface area contributed by atoms with Crippen LogP contribution in [0.25, 0.3) is 0 Å². The molecule has 1 aliphatic rings. The maximum Gasteiger partial charge on any atom is 0.289 e. The summed E-state index contributed by atoms with van der Waals surface area (Å²) in [4.78, 5) is 9.89. The Hall–Kier alpha value is -2.61. The number of ether oxygens (including phenoxy) is 1. The summed E-state index contributed by atoms with van der Waals surface area (Å²) < 4.78 is 32.5. The quantitative estimate of drug-likeness (QED) is 0.688. The molecule has 0 radical (unpaired) electrons. The number of para-hydroxylation sites is 1. The lowest BCUT2D eigenvalue weighted by Gasteiger charge is -2.09. The van der Waals surface area contributed by atoms with Crippen LogP contribution in [0.3, 0.4) is 0 Å². The number of anilines is 1. The minimum Gasteiger partial charge on any atom is -0.493 e. The Kier molecular flexibility index (Phi) is 3.45. The maximum absolute atomic E-state index is 12.4. The average Bonchev–Trinajstić information content (AvgIpc) is 2.94. The molecule has 0 atom stereocenters. The molecular weight excluding hydrogens is 308 g/mol. The van der Waals surface area contributed by atoms with Crippen LogP contribution in [-0.4, -0.2) is 19.9 Å². The maximum atomic E-state index is 12.4. The largest absolute Gasteiger partial charge is 0.493 e. The van der Waals surface area contributed by atoms with Crippen molar-refractivity contribution >= 4 is 21.4 Å². The number of benzene rings is 2. The molecule has 0 aromatic heterocycles. The number of nitrogens with one attached hydrogen (secondary N) is 1. The van der Waals surface area contributed by atoms with Gasteiger partial charge in [-0.3, -0.25) is 14.8 Å². The van der Waals surface area contributed by atoms with Crippen LogP contribution in [-0.2, 0) is 16.4 Å². The molecule has 1 heterocycles. The zero-order valence-electron chi connectivity index (χ0n) is 11.4. The molecule has 2 aromatic carbocycles. The fourth-order valence-electron chi connectivity index (χ4n) is 2.30. The molecule has 3 rings (SSSR count). The minimum absolute atomic E-state index is 0.349. The molecule has 0 spiro atoms. The van der Waals surface area contributed by atoms with Crippen molar-refractivity contribution < 1.29 is 18.1 Å². The molecule has 0 saturated heterocycles. The molecule has 0 bridgehead atoms. The van der Waals surface area contributed by atoms with Crippen LogP contribution in [0.15, 0.2) is 47.4 Å². The number of sulfonamides is 1. The van der Waals surface area contributed by atoms with Gasteiger partial charge in [0.1, 0.15) is 5.75 Å². The van der Waals surface area contributed by atoms with Gasteiger partial charge < -0.3 is 4.74 Å². The van der Waals surface area contributed by atoms with Gasteiger partial charge >= 0.3 is 0 Å². The lowest BCUT2D eigenvalue weighted by molar-refractivity contribution is -0.387. The summed E-state index contributed by atoms with van der Waals surface area (Å²) in [6.45, 7) is 0.565. The van der Waals surface area contributed by atoms with Crippen molar-refractivity contribution in [2.75, 3.05) is 11.3 Å². The topological polar surface area (TPSA) is 98.5 Å². The van der Waals surface area contributed by atoms with E-state index < -0.39 is 20.6 Å². The SMILES string of the molecule is O=[N+]([O-])c1ccccc1S(=O)(=O)Nc1ccc2c(c1)CCO2. The molecule has 1 N–H and O–H groups in total. The summed E-state index contributed by atoms with van der Waals surface area (Å²) in [6, 6.07) is 10.1. The zero-order chi connectivity index (χ0) is 15.7. The van der Waals surface area contributed by atoms with E-state index in [1.165, 1.54) is 18.2 Å². The lowest BCUT2D eigenvalue weighted by Crippen LogP contribution is -2.14.